The topological polar surface area (TPSA) is 278 Å². The molecule has 0 unspecified atom stereocenters. The minimum atomic E-state index is 0. The minimum absolute atomic E-state index is 0. The second kappa shape index (κ2) is 66.8. The fourth-order valence-corrected chi connectivity index (χ4v) is 12.3. The maximum absolute atomic E-state index is 7.44. The van der Waals surface area contributed by atoms with E-state index in [0.717, 1.165) is 152 Å². The summed E-state index contributed by atoms with van der Waals surface area (Å²) in [5, 5.41) is 29.3. The number of hydrogen-bond donors (Lipinski definition) is 0. The van der Waals surface area contributed by atoms with Gasteiger partial charge in [-0.3, -0.25) is 29.9 Å². The predicted octanol–water partition coefficient (Wildman–Crippen LogP) is 23.0. The molecule has 4 aliphatic heterocycles. The van der Waals surface area contributed by atoms with Crippen molar-refractivity contribution in [1.82, 2.24) is 74.4 Å². The van der Waals surface area contributed by atoms with Gasteiger partial charge in [-0.25, -0.2) is 32.9 Å². The Kier molecular flexibility index (Phi) is 55.6. The van der Waals surface area contributed by atoms with Gasteiger partial charge in [0, 0.05) is 99.5 Å². The summed E-state index contributed by atoms with van der Waals surface area (Å²) in [5.74, 6) is 4.58. The van der Waals surface area contributed by atoms with Crippen molar-refractivity contribution in [1.29, 1.82) is 10.5 Å². The summed E-state index contributed by atoms with van der Waals surface area (Å²) in [7, 11) is 17.1. The van der Waals surface area contributed by atoms with Crippen molar-refractivity contribution in [3.8, 4) is 91.6 Å². The van der Waals surface area contributed by atoms with E-state index in [1.165, 1.54) is 34.4 Å². The number of ether oxygens (including phenoxy) is 2. The van der Waals surface area contributed by atoms with Crippen molar-refractivity contribution in [2.24, 2.45) is 0 Å². The van der Waals surface area contributed by atoms with Gasteiger partial charge in [-0.1, -0.05) is 89.6 Å². The molecule has 0 atom stereocenters. The zero-order valence-electron chi connectivity index (χ0n) is 78.1. The second-order valence-corrected chi connectivity index (χ2v) is 28.6. The van der Waals surface area contributed by atoms with Crippen molar-refractivity contribution in [2.45, 2.75) is 80.4 Å². The Morgan fingerprint density at radius 1 is 0.341 bits per heavy atom. The third-order valence-electron chi connectivity index (χ3n) is 18.8. The summed E-state index contributed by atoms with van der Waals surface area (Å²) in [5.41, 5.74) is 18.7. The smallest absolute Gasteiger partial charge is 0.305 e. The number of aryl methyl sites for hydroxylation is 4. The van der Waals surface area contributed by atoms with Crippen molar-refractivity contribution in [2.75, 3.05) is 47.8 Å². The van der Waals surface area contributed by atoms with Gasteiger partial charge in [0.15, 0.2) is 0 Å². The van der Waals surface area contributed by atoms with Gasteiger partial charge in [0.05, 0.1) is 34.2 Å². The van der Waals surface area contributed by atoms with Crippen LogP contribution in [0.4, 0.5) is 23.3 Å². The fraction of sp³-hybridized carbons (Fsp3) is 0.150. The van der Waals surface area contributed by atoms with E-state index in [1.54, 1.807) is 51.0 Å². The average Bonchev–Trinajstić information content (AvgIpc) is 1.65. The third kappa shape index (κ3) is 40.0. The van der Waals surface area contributed by atoms with Crippen LogP contribution in [-0.4, -0.2) is 115 Å². The average molecular weight is 2310 g/mol. The molecule has 0 N–H and O–H groups in total. The zero-order chi connectivity index (χ0) is 97.9. The van der Waals surface area contributed by atoms with Crippen molar-refractivity contribution in [3.05, 3.63) is 433 Å². The Labute approximate surface area is 868 Å². The van der Waals surface area contributed by atoms with Gasteiger partial charge in [-0.15, -0.1) is 146 Å². The first-order valence-corrected chi connectivity index (χ1v) is 47.2. The van der Waals surface area contributed by atoms with E-state index in [9.17, 15) is 0 Å². The van der Waals surface area contributed by atoms with Gasteiger partial charge in [0.2, 0.25) is 0 Å². The fourth-order valence-electron chi connectivity index (χ4n) is 12.3. The molecule has 716 valence electrons. The van der Waals surface area contributed by atoms with Crippen LogP contribution in [0.5, 0.6) is 11.5 Å². The number of hydrogen-bond acceptors (Lipinski definition) is 23. The molecule has 0 bridgehead atoms. The van der Waals surface area contributed by atoms with E-state index in [0.29, 0.717) is 13.2 Å². The van der Waals surface area contributed by atoms with Gasteiger partial charge >= 0.3 is 74.1 Å². The van der Waals surface area contributed by atoms with Crippen LogP contribution < -0.4 is 29.1 Å². The van der Waals surface area contributed by atoms with Crippen LogP contribution in [0.3, 0.4) is 0 Å². The number of benzene rings is 3. The van der Waals surface area contributed by atoms with E-state index in [2.05, 4.69) is 160 Å². The molecule has 3 aromatic carbocycles. The second-order valence-electron chi connectivity index (χ2n) is 28.6. The maximum atomic E-state index is 7.44. The molecule has 0 amide bonds. The van der Waals surface area contributed by atoms with Gasteiger partial charge in [0.1, 0.15) is 48.0 Å². The Balaban J connectivity index is 0.000000293. The van der Waals surface area contributed by atoms with Crippen LogP contribution in [0.2, 0.25) is 0 Å². The van der Waals surface area contributed by atoms with E-state index in [1.807, 2.05) is 385 Å². The Morgan fingerprint density at radius 2 is 0.594 bits per heavy atom. The third-order valence-corrected chi connectivity index (χ3v) is 18.8. The summed E-state index contributed by atoms with van der Waals surface area (Å²) in [6, 6.07) is 86.0. The van der Waals surface area contributed by atoms with E-state index in [-0.39, 0.29) is 39.6 Å². The van der Waals surface area contributed by atoms with Crippen LogP contribution in [-0.2, 0) is 113 Å². The summed E-state index contributed by atoms with van der Waals surface area (Å²) < 4.78 is 12.4. The number of anilines is 4. The molecule has 0 aliphatic carbocycles. The normalized spacial score (nSPS) is 11.5. The molecule has 25 nitrogen and oxygen atoms in total. The summed E-state index contributed by atoms with van der Waals surface area (Å²) >= 11 is 3.64. The molecule has 0 saturated carbocycles. The molecule has 4 aliphatic rings. The summed E-state index contributed by atoms with van der Waals surface area (Å²) in [6.07, 6.45) is 38.2. The van der Waals surface area contributed by atoms with Crippen LogP contribution >= 0.6 is 19.4 Å². The summed E-state index contributed by atoms with van der Waals surface area (Å²) in [4.78, 5) is 64.4. The van der Waals surface area contributed by atoms with Gasteiger partial charge < -0.3 is 88.3 Å². The molecule has 31 heteroatoms. The van der Waals surface area contributed by atoms with Gasteiger partial charge in [-0.2, -0.15) is 0 Å². The van der Waals surface area contributed by atoms with E-state index < -0.39 is 0 Å². The van der Waals surface area contributed by atoms with Crippen molar-refractivity contribution >= 4 is 55.1 Å². The molecular weight excluding hydrogens is 2210 g/mol. The number of pyridine rings is 11. The molecule has 0 saturated heterocycles. The number of nitrogens with zero attached hydrogens (tertiary/aromatic N) is 23. The Bertz CT molecular complexity index is 5430. The predicted molar refractivity (Wildman–Crippen MR) is 541 cm³/mol. The van der Waals surface area contributed by atoms with Crippen LogP contribution in [0.25, 0.3) is 78.8 Å². The number of aromatic nitrogens is 11. The first-order valence-electron chi connectivity index (χ1n) is 42.8. The number of rotatable bonds is 20. The number of halogens is 2. The molecule has 138 heavy (non-hydrogen) atoms. The SMILES string of the molecule is CC=[N-].CC=[N-].CCc1cc[c-]c(-c2cc(CC)ccn2)c1.CCc1ccnc(-c2cc(CC)ccn2)c1.CN1C=CN(c2cc(OCc3ccnc(-c4[c-]cccc4)c3)cc(N3C=CN(C)[CH-]3)n2)[CH-]1.CN1C=CN(c2cc(OCc3ccnc(-c4ccccn4)c3)cc(N3C=CN(C)[CH-]3)n2)[CH-]1.[CH2-]C#N.[CH2-]C#N.[Cl][Ru].[Cl][Ru].[Ir+3].[Ru].[c-]1ccccc1-c1ccccn1.c1ccc(-c2ccccn2)nc1. The Hall–Kier alpha value is -13.6. The monoisotopic (exact) mass is 2310 g/mol. The molecule has 0 fully saturated rings. The molecule has 11 aromatic heterocycles. The largest absolute Gasteiger partial charge is 3.00 e. The van der Waals surface area contributed by atoms with Crippen molar-refractivity contribution < 1.29 is 83.7 Å². The summed E-state index contributed by atoms with van der Waals surface area (Å²) in [6.45, 7) is 26.0. The van der Waals surface area contributed by atoms with Crippen LogP contribution in [0, 0.1) is 81.4 Å². The minimum Gasteiger partial charge on any atom is -0.305 e. The Morgan fingerprint density at radius 3 is 0.899 bits per heavy atom. The molecule has 15 heterocycles. The number of nitriles is 2. The quantitative estimate of drug-likeness (QED) is 0.0389. The van der Waals surface area contributed by atoms with Crippen LogP contribution in [0.1, 0.15) is 74.9 Å². The maximum Gasteiger partial charge on any atom is 3.00 e. The van der Waals surface area contributed by atoms with Gasteiger partial charge in [-0.05, 0) is 234 Å². The first-order chi connectivity index (χ1) is 66.5. The molecule has 18 rings (SSSR count). The van der Waals surface area contributed by atoms with E-state index in [4.69, 9.17) is 40.8 Å². The van der Waals surface area contributed by atoms with Crippen LogP contribution in [0.15, 0.2) is 330 Å². The first kappa shape index (κ1) is 115. The zero-order valence-corrected chi connectivity index (χ0v) is 87.2. The van der Waals surface area contributed by atoms with Gasteiger partial charge in [0.25, 0.3) is 0 Å². The van der Waals surface area contributed by atoms with E-state index >= 15 is 0 Å². The molecule has 14 aromatic rings. The molecule has 0 radical (unpaired) electrons. The van der Waals surface area contributed by atoms with Crippen molar-refractivity contribution in [3.63, 3.8) is 0 Å². The molecular formula is C107H106Cl2IrN23O2Ru3-8. The molecule has 0 spiro atoms. The standard InChI is InChI=1S/C25H23N6O.C24H23N7O.C15H16N.C14H16N2.C11H8N.C10H8N2.2C2H4N.2C2H2N.2ClH.Ir.3Ru/c1-28-10-12-30(18-28)24-15-22(16-25(27-24)31-13-11-29(2)19-31)32-17-20-8-9-26-23(14-20)21-6-4-3-5-7-21;1-28-9-11-30(17-28)23-14-20(15-24(27-23)31-12-10-29(2)18-31)32-16-19-6-8-26-22(13-19)21-5-3-4-7-25-21;1-3-12-6-5-7-14(10-12)15-11-13(4-2)8-9-16-15;1-3-11-5-7-15-13(9-11)14-10-12(4-2)6-8-16-14;1-2-6-10(7-3-1)11-8-4-5-9-12-11;1-3-7-11-9(5-1)10-6-2-4-8-12-10;4*1-2-3;;;;;;/h3-6,8-16,18-19H,17H2,1-2H3;3-15,17-18H,16H2,1-2H3;5-6,8-11H,3-4H2,1-2H3;5-10H,3-4H2,1-2H3;1-6,8-9H;1-8H;2*2H,1H3;2*1H2;2*1H;;;;/q-3;-2;-1;;-1;;4*-1;;;+3;;2*+1/p-2.